The van der Waals surface area contributed by atoms with Gasteiger partial charge in [-0.05, 0) is 62.4 Å². The fourth-order valence-electron chi connectivity index (χ4n) is 3.21. The lowest BCUT2D eigenvalue weighted by Gasteiger charge is -2.41. The third-order valence-corrected chi connectivity index (χ3v) is 4.98. The maximum absolute atomic E-state index is 10.0. The zero-order valence-electron chi connectivity index (χ0n) is 13.0. The van der Waals surface area contributed by atoms with Crippen molar-refractivity contribution >= 4 is 11.6 Å². The van der Waals surface area contributed by atoms with E-state index >= 15 is 0 Å². The highest BCUT2D eigenvalue weighted by Crippen LogP contribution is 2.38. The van der Waals surface area contributed by atoms with Crippen molar-refractivity contribution in [1.82, 2.24) is 4.90 Å². The number of phenolic OH excluding ortho intramolecular Hbond substituents is 1. The first-order valence-corrected chi connectivity index (χ1v) is 7.89. The highest BCUT2D eigenvalue weighted by atomic mass is 35.5. The normalized spacial score (nSPS) is 20.1. The smallest absolute Gasteiger partial charge is 0.120 e. The second-order valence-corrected chi connectivity index (χ2v) is 7.49. The van der Waals surface area contributed by atoms with E-state index in [2.05, 4.69) is 32.6 Å². The van der Waals surface area contributed by atoms with Gasteiger partial charge in [0.2, 0.25) is 0 Å². The lowest BCUT2D eigenvalue weighted by atomic mass is 9.75. The first-order chi connectivity index (χ1) is 9.29. The molecule has 1 aromatic carbocycles. The predicted molar refractivity (Wildman–Crippen MR) is 85.3 cm³/mol. The van der Waals surface area contributed by atoms with Crippen molar-refractivity contribution in [1.29, 1.82) is 0 Å². The highest BCUT2D eigenvalue weighted by Gasteiger charge is 2.31. The van der Waals surface area contributed by atoms with Crippen LogP contribution in [0.5, 0.6) is 5.75 Å². The third-order valence-electron chi connectivity index (χ3n) is 4.74. The molecule has 1 heterocycles. The van der Waals surface area contributed by atoms with Gasteiger partial charge >= 0.3 is 0 Å². The molecule has 3 heteroatoms. The Hall–Kier alpha value is -0.730. The number of nitrogens with zero attached hydrogens (tertiary/aromatic N) is 1. The monoisotopic (exact) mass is 295 g/mol. The Morgan fingerprint density at radius 2 is 1.85 bits per heavy atom. The standard InChI is InChI=1S/C17H26ClNO/c1-12(15-11-14(18)5-6-16(15)20)19-9-7-13(8-10-19)17(2,3)4/h5-6,11-13,20H,7-10H2,1-4H3. The van der Waals surface area contributed by atoms with Gasteiger partial charge in [-0.2, -0.15) is 0 Å². The van der Waals surface area contributed by atoms with Gasteiger partial charge in [0, 0.05) is 16.6 Å². The lowest BCUT2D eigenvalue weighted by Crippen LogP contribution is -2.39. The van der Waals surface area contributed by atoms with Crippen LogP contribution in [0.15, 0.2) is 18.2 Å². The molecule has 2 nitrogen and oxygen atoms in total. The van der Waals surface area contributed by atoms with Crippen molar-refractivity contribution in [2.24, 2.45) is 11.3 Å². The minimum Gasteiger partial charge on any atom is -0.508 e. The van der Waals surface area contributed by atoms with Crippen LogP contribution in [0.1, 0.15) is 52.1 Å². The molecule has 0 bridgehead atoms. The topological polar surface area (TPSA) is 23.5 Å². The van der Waals surface area contributed by atoms with Crippen molar-refractivity contribution in [3.8, 4) is 5.75 Å². The van der Waals surface area contributed by atoms with Crippen molar-refractivity contribution in [2.45, 2.75) is 46.6 Å². The van der Waals surface area contributed by atoms with Gasteiger partial charge < -0.3 is 5.11 Å². The molecule has 0 aromatic heterocycles. The third kappa shape index (κ3) is 3.48. The fraction of sp³-hybridized carbons (Fsp3) is 0.647. The molecular formula is C17H26ClNO. The summed E-state index contributed by atoms with van der Waals surface area (Å²) in [7, 11) is 0. The van der Waals surface area contributed by atoms with Crippen LogP contribution < -0.4 is 0 Å². The maximum Gasteiger partial charge on any atom is 0.120 e. The molecule has 0 saturated carbocycles. The zero-order valence-corrected chi connectivity index (χ0v) is 13.7. The largest absolute Gasteiger partial charge is 0.508 e. The van der Waals surface area contributed by atoms with E-state index in [1.165, 1.54) is 12.8 Å². The fourth-order valence-corrected chi connectivity index (χ4v) is 3.39. The molecule has 0 amide bonds. The Bertz CT molecular complexity index is 459. The Kier molecular flexibility index (Phi) is 4.66. The molecule has 1 atom stereocenters. The van der Waals surface area contributed by atoms with Crippen LogP contribution in [0.3, 0.4) is 0 Å². The summed E-state index contributed by atoms with van der Waals surface area (Å²) in [5, 5.41) is 10.7. The predicted octanol–water partition coefficient (Wildman–Crippen LogP) is 4.86. The van der Waals surface area contributed by atoms with Crippen LogP contribution in [0.2, 0.25) is 5.02 Å². The number of halogens is 1. The van der Waals surface area contributed by atoms with Gasteiger partial charge in [0.25, 0.3) is 0 Å². The SMILES string of the molecule is CC(c1cc(Cl)ccc1O)N1CCC(C(C)(C)C)CC1. The van der Waals surface area contributed by atoms with E-state index in [1.807, 2.05) is 6.07 Å². The number of hydrogen-bond acceptors (Lipinski definition) is 2. The summed E-state index contributed by atoms with van der Waals surface area (Å²) >= 11 is 6.05. The second-order valence-electron chi connectivity index (χ2n) is 7.06. The van der Waals surface area contributed by atoms with Gasteiger partial charge in [0.05, 0.1) is 0 Å². The summed E-state index contributed by atoms with van der Waals surface area (Å²) < 4.78 is 0. The Morgan fingerprint density at radius 3 is 2.40 bits per heavy atom. The average molecular weight is 296 g/mol. The zero-order chi connectivity index (χ0) is 14.9. The van der Waals surface area contributed by atoms with Crippen molar-refractivity contribution in [2.75, 3.05) is 13.1 Å². The van der Waals surface area contributed by atoms with E-state index in [0.29, 0.717) is 16.2 Å². The lowest BCUT2D eigenvalue weighted by molar-refractivity contribution is 0.0870. The molecule has 20 heavy (non-hydrogen) atoms. The molecule has 1 N–H and O–H groups in total. The number of piperidine rings is 1. The number of likely N-dealkylation sites (tertiary alicyclic amines) is 1. The second kappa shape index (κ2) is 5.95. The maximum atomic E-state index is 10.0. The number of phenols is 1. The van der Waals surface area contributed by atoms with E-state index in [4.69, 9.17) is 11.6 Å². The number of hydrogen-bond donors (Lipinski definition) is 1. The summed E-state index contributed by atoms with van der Waals surface area (Å²) in [5.41, 5.74) is 1.33. The molecular weight excluding hydrogens is 270 g/mol. The van der Waals surface area contributed by atoms with Crippen molar-refractivity contribution in [3.05, 3.63) is 28.8 Å². The molecule has 2 rings (SSSR count). The number of rotatable bonds is 2. The van der Waals surface area contributed by atoms with Gasteiger partial charge in [-0.25, -0.2) is 0 Å². The number of benzene rings is 1. The van der Waals surface area contributed by atoms with E-state index in [1.54, 1.807) is 12.1 Å². The van der Waals surface area contributed by atoms with E-state index in [0.717, 1.165) is 24.6 Å². The van der Waals surface area contributed by atoms with Crippen molar-refractivity contribution < 1.29 is 5.11 Å². The van der Waals surface area contributed by atoms with E-state index in [9.17, 15) is 5.11 Å². The molecule has 0 spiro atoms. The molecule has 1 fully saturated rings. The van der Waals surface area contributed by atoms with Crippen LogP contribution in [-0.2, 0) is 0 Å². The Morgan fingerprint density at radius 1 is 1.25 bits per heavy atom. The van der Waals surface area contributed by atoms with Crippen molar-refractivity contribution in [3.63, 3.8) is 0 Å². The first-order valence-electron chi connectivity index (χ1n) is 7.51. The summed E-state index contributed by atoms with van der Waals surface area (Å²) in [6.45, 7) is 11.3. The van der Waals surface area contributed by atoms with Gasteiger partial charge in [0.15, 0.2) is 0 Å². The molecule has 1 aliphatic rings. The van der Waals surface area contributed by atoms with Crippen LogP contribution in [0.4, 0.5) is 0 Å². The molecule has 1 saturated heterocycles. The van der Waals surface area contributed by atoms with Crippen LogP contribution in [0.25, 0.3) is 0 Å². The van der Waals surface area contributed by atoms with Gasteiger partial charge in [0.1, 0.15) is 5.75 Å². The summed E-state index contributed by atoms with van der Waals surface area (Å²) in [6.07, 6.45) is 2.46. The Labute approximate surface area is 127 Å². The molecule has 0 aliphatic carbocycles. The van der Waals surface area contributed by atoms with Crippen LogP contribution >= 0.6 is 11.6 Å². The molecule has 1 aromatic rings. The molecule has 0 radical (unpaired) electrons. The quantitative estimate of drug-likeness (QED) is 0.842. The minimum absolute atomic E-state index is 0.217. The Balaban J connectivity index is 2.05. The average Bonchev–Trinajstić information content (AvgIpc) is 2.40. The van der Waals surface area contributed by atoms with Gasteiger partial charge in [-0.3, -0.25) is 4.90 Å². The highest BCUT2D eigenvalue weighted by molar-refractivity contribution is 6.30. The van der Waals surface area contributed by atoms with E-state index < -0.39 is 0 Å². The summed E-state index contributed by atoms with van der Waals surface area (Å²) in [4.78, 5) is 2.45. The molecule has 112 valence electrons. The number of aromatic hydroxyl groups is 1. The van der Waals surface area contributed by atoms with Gasteiger partial charge in [-0.1, -0.05) is 32.4 Å². The summed E-state index contributed by atoms with van der Waals surface area (Å²) in [6, 6.07) is 5.53. The van der Waals surface area contributed by atoms with Crippen LogP contribution in [-0.4, -0.2) is 23.1 Å². The molecule has 1 aliphatic heterocycles. The molecule has 1 unspecified atom stereocenters. The van der Waals surface area contributed by atoms with Gasteiger partial charge in [-0.15, -0.1) is 0 Å². The first kappa shape index (κ1) is 15.7. The van der Waals surface area contributed by atoms with Crippen LogP contribution in [0, 0.1) is 11.3 Å². The summed E-state index contributed by atoms with van der Waals surface area (Å²) in [5.74, 6) is 1.14. The minimum atomic E-state index is 0.217. The van der Waals surface area contributed by atoms with E-state index in [-0.39, 0.29) is 6.04 Å².